The summed E-state index contributed by atoms with van der Waals surface area (Å²) < 4.78 is 84.1. The lowest BCUT2D eigenvalue weighted by atomic mass is 9.75. The summed E-state index contributed by atoms with van der Waals surface area (Å²) in [6.07, 6.45) is 5.16. The van der Waals surface area contributed by atoms with E-state index < -0.39 is 39.0 Å². The number of ether oxygens (including phenoxy) is 1. The van der Waals surface area contributed by atoms with Gasteiger partial charge in [0.05, 0.1) is 5.25 Å². The Labute approximate surface area is 174 Å². The van der Waals surface area contributed by atoms with Crippen molar-refractivity contribution in [1.82, 2.24) is 4.98 Å². The Kier molecular flexibility index (Phi) is 6.66. The molecule has 2 saturated carbocycles. The Morgan fingerprint density at radius 3 is 2.13 bits per heavy atom. The molecule has 0 spiro atoms. The average Bonchev–Trinajstić information content (AvgIpc) is 2.67. The van der Waals surface area contributed by atoms with E-state index in [9.17, 15) is 26.0 Å². The fourth-order valence-electron chi connectivity index (χ4n) is 4.79. The number of terminal acetylenes is 1. The van der Waals surface area contributed by atoms with E-state index in [4.69, 9.17) is 11.2 Å². The summed E-state index contributed by atoms with van der Waals surface area (Å²) in [5, 5.41) is -0.482. The van der Waals surface area contributed by atoms with E-state index in [1.54, 1.807) is 0 Å². The van der Waals surface area contributed by atoms with Crippen molar-refractivity contribution in [2.24, 2.45) is 0 Å². The lowest BCUT2D eigenvalue weighted by Gasteiger charge is -2.33. The summed E-state index contributed by atoms with van der Waals surface area (Å²) in [5.74, 6) is -1.01. The third-order valence-electron chi connectivity index (χ3n) is 6.28. The molecule has 0 aromatic carbocycles. The number of halogens is 4. The zero-order chi connectivity index (χ0) is 22.1. The molecule has 0 saturated heterocycles. The van der Waals surface area contributed by atoms with Crippen LogP contribution in [0.4, 0.5) is 17.6 Å². The summed E-state index contributed by atoms with van der Waals surface area (Å²) in [7, 11) is -3.20. The highest BCUT2D eigenvalue weighted by molar-refractivity contribution is 7.91. The molecule has 0 unspecified atom stereocenters. The predicted octanol–water partition coefficient (Wildman–Crippen LogP) is 5.14. The van der Waals surface area contributed by atoms with Gasteiger partial charge in [0.25, 0.3) is 0 Å². The molecule has 3 rings (SSSR count). The number of hydrogen-bond acceptors (Lipinski definition) is 4. The minimum absolute atomic E-state index is 0.0987. The van der Waals surface area contributed by atoms with Crippen molar-refractivity contribution >= 4 is 9.84 Å². The van der Waals surface area contributed by atoms with Crippen molar-refractivity contribution in [2.45, 2.75) is 80.8 Å². The Balaban J connectivity index is 2.05. The number of nitrogens with zero attached hydrogens (tertiary/aromatic N) is 1. The summed E-state index contributed by atoms with van der Waals surface area (Å²) in [6, 6.07) is 1.46. The van der Waals surface area contributed by atoms with Crippen LogP contribution in [0.3, 0.4) is 0 Å². The number of rotatable bonds is 4. The SMILES string of the molecule is C#COc1cc(C2CCC(S(C)(=O)=O)CC2)c(C2CCC(F)CC2)c(C(F)(F)F)n1. The number of sulfone groups is 1. The molecule has 2 aliphatic rings. The Bertz CT molecular complexity index is 907. The quantitative estimate of drug-likeness (QED) is 0.474. The van der Waals surface area contributed by atoms with Crippen LogP contribution in [0.15, 0.2) is 6.07 Å². The molecular weight excluding hydrogens is 422 g/mol. The lowest BCUT2D eigenvalue weighted by Crippen LogP contribution is -2.27. The van der Waals surface area contributed by atoms with E-state index in [-0.39, 0.29) is 30.2 Å². The number of hydrogen-bond donors (Lipinski definition) is 0. The van der Waals surface area contributed by atoms with Gasteiger partial charge in [-0.1, -0.05) is 6.42 Å². The van der Waals surface area contributed by atoms with Gasteiger partial charge in [0, 0.05) is 12.3 Å². The standard InChI is InChI=1S/C21H25F4NO3S/c1-3-29-18-12-17(13-6-10-16(11-7-13)30(2,27)28)19(20(26-18)21(23,24)25)14-4-8-15(22)9-5-14/h1,12-16H,4-11H2,2H3. The molecule has 2 fully saturated rings. The van der Waals surface area contributed by atoms with Gasteiger partial charge in [0.2, 0.25) is 5.88 Å². The van der Waals surface area contributed by atoms with Gasteiger partial charge in [-0.25, -0.2) is 17.8 Å². The first-order valence-electron chi connectivity index (χ1n) is 10.1. The first-order valence-corrected chi connectivity index (χ1v) is 12.0. The summed E-state index contributed by atoms with van der Waals surface area (Å²) >= 11 is 0. The normalized spacial score (nSPS) is 28.0. The predicted molar refractivity (Wildman–Crippen MR) is 105 cm³/mol. The van der Waals surface area contributed by atoms with Crippen LogP contribution >= 0.6 is 0 Å². The Morgan fingerprint density at radius 1 is 1.07 bits per heavy atom. The van der Waals surface area contributed by atoms with Gasteiger partial charge >= 0.3 is 6.18 Å². The Morgan fingerprint density at radius 2 is 1.63 bits per heavy atom. The molecular formula is C21H25F4NO3S. The molecule has 30 heavy (non-hydrogen) atoms. The zero-order valence-corrected chi connectivity index (χ0v) is 17.5. The largest absolute Gasteiger partial charge is 0.433 e. The van der Waals surface area contributed by atoms with Crippen molar-refractivity contribution in [2.75, 3.05) is 6.26 Å². The van der Waals surface area contributed by atoms with E-state index in [0.29, 0.717) is 44.1 Å². The van der Waals surface area contributed by atoms with Gasteiger partial charge in [-0.15, -0.1) is 0 Å². The molecule has 1 aromatic heterocycles. The van der Waals surface area contributed by atoms with Gasteiger partial charge in [0.15, 0.2) is 5.69 Å². The highest BCUT2D eigenvalue weighted by Gasteiger charge is 2.42. The molecule has 1 heterocycles. The molecule has 1 aromatic rings. The van der Waals surface area contributed by atoms with Crippen LogP contribution in [0, 0.1) is 12.5 Å². The highest BCUT2D eigenvalue weighted by atomic mass is 32.2. The summed E-state index contributed by atoms with van der Waals surface area (Å²) in [5.41, 5.74) is -0.476. The van der Waals surface area contributed by atoms with Crippen LogP contribution in [0.25, 0.3) is 0 Å². The molecule has 9 heteroatoms. The van der Waals surface area contributed by atoms with E-state index in [2.05, 4.69) is 4.98 Å². The fourth-order valence-corrected chi connectivity index (χ4v) is 5.92. The minimum Gasteiger partial charge on any atom is -0.388 e. The van der Waals surface area contributed by atoms with Gasteiger partial charge in [-0.3, -0.25) is 0 Å². The average molecular weight is 447 g/mol. The minimum atomic E-state index is -4.71. The maximum absolute atomic E-state index is 13.9. The van der Waals surface area contributed by atoms with Gasteiger partial charge < -0.3 is 4.74 Å². The topological polar surface area (TPSA) is 56.3 Å². The summed E-state index contributed by atoms with van der Waals surface area (Å²) in [6.45, 7) is 0. The zero-order valence-electron chi connectivity index (χ0n) is 16.7. The van der Waals surface area contributed by atoms with Gasteiger partial charge in [-0.05, 0) is 74.3 Å². The molecule has 0 radical (unpaired) electrons. The molecule has 0 N–H and O–H groups in total. The molecule has 0 atom stereocenters. The van der Waals surface area contributed by atoms with E-state index in [1.807, 2.05) is 6.11 Å². The number of aromatic nitrogens is 1. The molecule has 0 aliphatic heterocycles. The maximum atomic E-state index is 13.9. The fraction of sp³-hybridized carbons (Fsp3) is 0.667. The van der Waals surface area contributed by atoms with Crippen molar-refractivity contribution in [3.63, 3.8) is 0 Å². The highest BCUT2D eigenvalue weighted by Crippen LogP contribution is 2.47. The van der Waals surface area contributed by atoms with E-state index >= 15 is 0 Å². The van der Waals surface area contributed by atoms with Crippen molar-refractivity contribution in [1.29, 1.82) is 0 Å². The maximum Gasteiger partial charge on any atom is 0.433 e. The van der Waals surface area contributed by atoms with E-state index in [1.165, 1.54) is 12.3 Å². The van der Waals surface area contributed by atoms with Crippen molar-refractivity contribution in [3.05, 3.63) is 22.9 Å². The first kappa shape index (κ1) is 22.9. The van der Waals surface area contributed by atoms with Gasteiger partial charge in [-0.2, -0.15) is 13.2 Å². The van der Waals surface area contributed by atoms with Crippen LogP contribution in [-0.4, -0.2) is 31.1 Å². The number of alkyl halides is 4. The smallest absolute Gasteiger partial charge is 0.388 e. The van der Waals surface area contributed by atoms with Crippen LogP contribution < -0.4 is 4.74 Å². The monoisotopic (exact) mass is 447 g/mol. The molecule has 0 amide bonds. The van der Waals surface area contributed by atoms with Crippen LogP contribution in [0.1, 0.15) is 80.0 Å². The van der Waals surface area contributed by atoms with Gasteiger partial charge in [0.1, 0.15) is 22.1 Å². The second kappa shape index (κ2) is 8.74. The van der Waals surface area contributed by atoms with Crippen molar-refractivity contribution in [3.8, 4) is 18.4 Å². The van der Waals surface area contributed by atoms with Crippen LogP contribution in [-0.2, 0) is 16.0 Å². The third kappa shape index (κ3) is 5.08. The first-order chi connectivity index (χ1) is 14.0. The molecule has 166 valence electrons. The Hall–Kier alpha value is -1.82. The second-order valence-electron chi connectivity index (χ2n) is 8.28. The lowest BCUT2D eigenvalue weighted by molar-refractivity contribution is -0.142. The third-order valence-corrected chi connectivity index (χ3v) is 7.97. The second-order valence-corrected chi connectivity index (χ2v) is 10.6. The van der Waals surface area contributed by atoms with E-state index in [0.717, 1.165) is 0 Å². The number of pyridine rings is 1. The summed E-state index contributed by atoms with van der Waals surface area (Å²) in [4.78, 5) is 3.66. The van der Waals surface area contributed by atoms with Crippen LogP contribution in [0.2, 0.25) is 0 Å². The molecule has 0 bridgehead atoms. The molecule has 2 aliphatic carbocycles. The van der Waals surface area contributed by atoms with Crippen LogP contribution in [0.5, 0.6) is 5.88 Å². The molecule has 4 nitrogen and oxygen atoms in total. The van der Waals surface area contributed by atoms with Crippen molar-refractivity contribution < 1.29 is 30.7 Å².